The monoisotopic (exact) mass is 243 g/mol. The first-order chi connectivity index (χ1) is 8.58. The van der Waals surface area contributed by atoms with Crippen molar-refractivity contribution in [2.24, 2.45) is 5.73 Å². The molecule has 0 fully saturated rings. The van der Waals surface area contributed by atoms with E-state index in [4.69, 9.17) is 10.8 Å². The lowest BCUT2D eigenvalue weighted by Gasteiger charge is -2.09. The van der Waals surface area contributed by atoms with Crippen LogP contribution in [-0.4, -0.2) is 17.0 Å². The number of aliphatic carboxylic acids is 1. The summed E-state index contributed by atoms with van der Waals surface area (Å²) < 4.78 is 0. The van der Waals surface area contributed by atoms with Gasteiger partial charge in [-0.3, -0.25) is 9.59 Å². The number of carboxylic acid groups (broad SMARTS) is 1. The Morgan fingerprint density at radius 3 is 2.06 bits per heavy atom. The standard InChI is InChI=1S/C14H13NO3/c15-12(16)7-10-5-1-3-9-4-2-6-11(14(9)10)8-13(17)18/h1-6H,7-8H2,(H2,15,16)(H,17,18). The third-order valence-corrected chi connectivity index (χ3v) is 2.78. The number of carboxylic acids is 1. The molecule has 0 aliphatic rings. The number of carbonyl (C=O) groups excluding carboxylic acids is 1. The summed E-state index contributed by atoms with van der Waals surface area (Å²) in [6.07, 6.45) is 0.0566. The molecule has 0 bridgehead atoms. The molecule has 4 heteroatoms. The maximum absolute atomic E-state index is 11.1. The van der Waals surface area contributed by atoms with E-state index in [2.05, 4.69) is 0 Å². The lowest BCUT2D eigenvalue weighted by Crippen LogP contribution is -2.14. The van der Waals surface area contributed by atoms with Crippen molar-refractivity contribution >= 4 is 22.6 Å². The van der Waals surface area contributed by atoms with Gasteiger partial charge in [0.2, 0.25) is 5.91 Å². The topological polar surface area (TPSA) is 80.4 Å². The molecule has 0 aliphatic carbocycles. The highest BCUT2D eigenvalue weighted by atomic mass is 16.4. The van der Waals surface area contributed by atoms with Crippen LogP contribution in [0.3, 0.4) is 0 Å². The minimum atomic E-state index is -0.892. The van der Waals surface area contributed by atoms with Crippen LogP contribution in [0, 0.1) is 0 Å². The third kappa shape index (κ3) is 2.48. The van der Waals surface area contributed by atoms with Crippen molar-refractivity contribution in [2.45, 2.75) is 12.8 Å². The Morgan fingerprint density at radius 2 is 1.56 bits per heavy atom. The average molecular weight is 243 g/mol. The van der Waals surface area contributed by atoms with Crippen LogP contribution < -0.4 is 5.73 Å². The van der Waals surface area contributed by atoms with Crippen LogP contribution in [0.15, 0.2) is 36.4 Å². The molecule has 0 saturated carbocycles. The summed E-state index contributed by atoms with van der Waals surface area (Å²) in [7, 11) is 0. The molecule has 0 atom stereocenters. The maximum Gasteiger partial charge on any atom is 0.307 e. The zero-order chi connectivity index (χ0) is 13.1. The summed E-state index contributed by atoms with van der Waals surface area (Å²) in [4.78, 5) is 21.9. The third-order valence-electron chi connectivity index (χ3n) is 2.78. The summed E-state index contributed by atoms with van der Waals surface area (Å²) in [6, 6.07) is 11.0. The molecule has 3 N–H and O–H groups in total. The summed E-state index contributed by atoms with van der Waals surface area (Å²) in [5, 5.41) is 10.7. The summed E-state index contributed by atoms with van der Waals surface area (Å²) in [5.41, 5.74) is 6.69. The molecule has 92 valence electrons. The average Bonchev–Trinajstić information content (AvgIpc) is 2.27. The van der Waals surface area contributed by atoms with Gasteiger partial charge >= 0.3 is 5.97 Å². The van der Waals surface area contributed by atoms with E-state index in [1.807, 2.05) is 24.3 Å². The van der Waals surface area contributed by atoms with Crippen molar-refractivity contribution in [1.29, 1.82) is 0 Å². The molecule has 0 aliphatic heterocycles. The first kappa shape index (κ1) is 12.1. The number of nitrogens with two attached hydrogens (primary N) is 1. The number of fused-ring (bicyclic) bond motifs is 1. The molecule has 4 nitrogen and oxygen atoms in total. The van der Waals surface area contributed by atoms with E-state index in [9.17, 15) is 9.59 Å². The Bertz CT molecular complexity index is 569. The predicted octanol–water partition coefficient (Wildman–Crippen LogP) is 1.49. The maximum atomic E-state index is 11.1. The van der Waals surface area contributed by atoms with E-state index in [0.29, 0.717) is 5.56 Å². The van der Waals surface area contributed by atoms with Gasteiger partial charge < -0.3 is 10.8 Å². The number of primary amides is 1. The van der Waals surface area contributed by atoms with E-state index >= 15 is 0 Å². The molecular formula is C14H13NO3. The van der Waals surface area contributed by atoms with Crippen molar-refractivity contribution in [1.82, 2.24) is 0 Å². The van der Waals surface area contributed by atoms with Gasteiger partial charge in [0.25, 0.3) is 0 Å². The molecule has 2 aromatic carbocycles. The van der Waals surface area contributed by atoms with Crippen LogP contribution in [0.1, 0.15) is 11.1 Å². The molecule has 2 aromatic rings. The number of amides is 1. The van der Waals surface area contributed by atoms with Gasteiger partial charge in [0.15, 0.2) is 0 Å². The largest absolute Gasteiger partial charge is 0.481 e. The van der Waals surface area contributed by atoms with Crippen molar-refractivity contribution in [3.63, 3.8) is 0 Å². The first-order valence-electron chi connectivity index (χ1n) is 5.57. The highest BCUT2D eigenvalue weighted by Crippen LogP contribution is 2.24. The molecule has 0 heterocycles. The fourth-order valence-corrected chi connectivity index (χ4v) is 2.15. The normalized spacial score (nSPS) is 10.4. The second-order valence-corrected chi connectivity index (χ2v) is 4.15. The lowest BCUT2D eigenvalue weighted by molar-refractivity contribution is -0.136. The van der Waals surface area contributed by atoms with Gasteiger partial charge in [-0.1, -0.05) is 36.4 Å². The van der Waals surface area contributed by atoms with Crippen LogP contribution in [0.2, 0.25) is 0 Å². The van der Waals surface area contributed by atoms with Gasteiger partial charge in [0.05, 0.1) is 12.8 Å². The highest BCUT2D eigenvalue weighted by Gasteiger charge is 2.10. The van der Waals surface area contributed by atoms with Gasteiger partial charge in [0, 0.05) is 0 Å². The van der Waals surface area contributed by atoms with Gasteiger partial charge in [-0.15, -0.1) is 0 Å². The first-order valence-corrected chi connectivity index (χ1v) is 5.57. The number of benzene rings is 2. The Hall–Kier alpha value is -2.36. The van der Waals surface area contributed by atoms with Crippen LogP contribution >= 0.6 is 0 Å². The van der Waals surface area contributed by atoms with Gasteiger partial charge in [0.1, 0.15) is 0 Å². The van der Waals surface area contributed by atoms with Crippen LogP contribution in [0.25, 0.3) is 10.8 Å². The summed E-state index contributed by atoms with van der Waals surface area (Å²) in [5.74, 6) is -1.32. The van der Waals surface area contributed by atoms with Gasteiger partial charge in [-0.05, 0) is 21.9 Å². The second-order valence-electron chi connectivity index (χ2n) is 4.15. The minimum absolute atomic E-state index is 0.0624. The molecule has 0 aromatic heterocycles. The molecule has 0 saturated heterocycles. The number of carbonyl (C=O) groups is 2. The van der Waals surface area contributed by atoms with Crippen LogP contribution in [0.5, 0.6) is 0 Å². The van der Waals surface area contributed by atoms with E-state index in [-0.39, 0.29) is 12.8 Å². The Kier molecular flexibility index (Phi) is 3.28. The summed E-state index contributed by atoms with van der Waals surface area (Å²) in [6.45, 7) is 0. The Morgan fingerprint density at radius 1 is 1.00 bits per heavy atom. The number of rotatable bonds is 4. The van der Waals surface area contributed by atoms with Crippen molar-refractivity contribution in [3.05, 3.63) is 47.5 Å². The van der Waals surface area contributed by atoms with Crippen molar-refractivity contribution in [3.8, 4) is 0 Å². The van der Waals surface area contributed by atoms with Crippen LogP contribution in [0.4, 0.5) is 0 Å². The van der Waals surface area contributed by atoms with E-state index in [1.165, 1.54) is 0 Å². The van der Waals surface area contributed by atoms with Crippen LogP contribution in [-0.2, 0) is 22.4 Å². The molecule has 0 spiro atoms. The van der Waals surface area contributed by atoms with Crippen molar-refractivity contribution < 1.29 is 14.7 Å². The molecule has 0 radical (unpaired) electrons. The molecule has 0 unspecified atom stereocenters. The fourth-order valence-electron chi connectivity index (χ4n) is 2.15. The molecule has 18 heavy (non-hydrogen) atoms. The molecular weight excluding hydrogens is 230 g/mol. The van der Waals surface area contributed by atoms with E-state index < -0.39 is 11.9 Å². The molecule has 2 rings (SSSR count). The quantitative estimate of drug-likeness (QED) is 0.853. The zero-order valence-electron chi connectivity index (χ0n) is 9.72. The number of hydrogen-bond acceptors (Lipinski definition) is 2. The number of hydrogen-bond donors (Lipinski definition) is 2. The fraction of sp³-hybridized carbons (Fsp3) is 0.143. The molecule has 1 amide bonds. The van der Waals surface area contributed by atoms with Crippen molar-refractivity contribution in [2.75, 3.05) is 0 Å². The van der Waals surface area contributed by atoms with E-state index in [0.717, 1.165) is 16.3 Å². The van der Waals surface area contributed by atoms with E-state index in [1.54, 1.807) is 12.1 Å². The zero-order valence-corrected chi connectivity index (χ0v) is 9.72. The summed E-state index contributed by atoms with van der Waals surface area (Å²) >= 11 is 0. The lowest BCUT2D eigenvalue weighted by atomic mass is 9.96. The second kappa shape index (κ2) is 4.87. The minimum Gasteiger partial charge on any atom is -0.481 e. The Labute approximate surface area is 104 Å². The Balaban J connectivity index is 2.63. The highest BCUT2D eigenvalue weighted by molar-refractivity contribution is 5.94. The predicted molar refractivity (Wildman–Crippen MR) is 68.2 cm³/mol. The van der Waals surface area contributed by atoms with Gasteiger partial charge in [-0.2, -0.15) is 0 Å². The van der Waals surface area contributed by atoms with Gasteiger partial charge in [-0.25, -0.2) is 0 Å². The smallest absolute Gasteiger partial charge is 0.307 e. The SMILES string of the molecule is NC(=O)Cc1cccc2cccc(CC(=O)O)c12.